The molecule has 0 saturated heterocycles. The molecule has 2 heterocycles. The van der Waals surface area contributed by atoms with Crippen LogP contribution in [0.5, 0.6) is 5.75 Å². The van der Waals surface area contributed by atoms with Gasteiger partial charge in [0, 0.05) is 17.6 Å². The summed E-state index contributed by atoms with van der Waals surface area (Å²) in [5.74, 6) is 0.284. The summed E-state index contributed by atoms with van der Waals surface area (Å²) in [4.78, 5) is 16.5. The number of hydrogen-bond donors (Lipinski definition) is 0. The molecular formula is C25H23FN4O2S. The number of nitrogens with zero attached hydrogens (tertiary/aromatic N) is 4. The number of nitriles is 1. The molecule has 168 valence electrons. The first-order chi connectivity index (χ1) is 16.0. The number of anilines is 1. The third-order valence-electron chi connectivity index (χ3n) is 5.22. The van der Waals surface area contributed by atoms with Gasteiger partial charge >= 0.3 is 0 Å². The van der Waals surface area contributed by atoms with Crippen molar-refractivity contribution in [2.24, 2.45) is 0 Å². The number of rotatable bonds is 8. The number of benzene rings is 2. The molecule has 2 aromatic carbocycles. The Balaban J connectivity index is 1.64. The summed E-state index contributed by atoms with van der Waals surface area (Å²) < 4.78 is 20.6. The summed E-state index contributed by atoms with van der Waals surface area (Å²) >= 11 is 1.37. The van der Waals surface area contributed by atoms with E-state index in [1.54, 1.807) is 17.0 Å². The summed E-state index contributed by atoms with van der Waals surface area (Å²) in [5, 5.41) is 14.6. The van der Waals surface area contributed by atoms with Crippen LogP contribution in [-0.2, 0) is 6.54 Å². The maximum atomic E-state index is 13.5. The topological polar surface area (TPSA) is 71.2 Å². The lowest BCUT2D eigenvalue weighted by molar-refractivity contribution is 0.0991. The molecule has 0 bridgehead atoms. The highest BCUT2D eigenvalue weighted by molar-refractivity contribution is 7.20. The van der Waals surface area contributed by atoms with Crippen LogP contribution >= 0.6 is 11.3 Å². The zero-order chi connectivity index (χ0) is 23.4. The van der Waals surface area contributed by atoms with E-state index in [1.165, 1.54) is 23.5 Å². The van der Waals surface area contributed by atoms with Crippen molar-refractivity contribution in [3.8, 4) is 11.8 Å². The van der Waals surface area contributed by atoms with Crippen molar-refractivity contribution in [1.29, 1.82) is 5.26 Å². The van der Waals surface area contributed by atoms with Gasteiger partial charge in [0.2, 0.25) is 0 Å². The lowest BCUT2D eigenvalue weighted by atomic mass is 10.2. The fourth-order valence-corrected chi connectivity index (χ4v) is 4.73. The van der Waals surface area contributed by atoms with Crippen LogP contribution in [0.1, 0.15) is 34.3 Å². The van der Waals surface area contributed by atoms with Crippen molar-refractivity contribution in [2.75, 3.05) is 18.1 Å². The summed E-state index contributed by atoms with van der Waals surface area (Å²) in [6.45, 7) is 5.15. The lowest BCUT2D eigenvalue weighted by Crippen LogP contribution is -2.31. The zero-order valence-electron chi connectivity index (χ0n) is 18.4. The molecule has 33 heavy (non-hydrogen) atoms. The Morgan fingerprint density at radius 3 is 2.61 bits per heavy atom. The molecule has 0 unspecified atom stereocenters. The van der Waals surface area contributed by atoms with E-state index in [0.29, 0.717) is 23.7 Å². The van der Waals surface area contributed by atoms with E-state index in [4.69, 9.17) is 10.00 Å². The van der Waals surface area contributed by atoms with Crippen molar-refractivity contribution in [3.63, 3.8) is 0 Å². The van der Waals surface area contributed by atoms with E-state index in [-0.39, 0.29) is 24.7 Å². The molecule has 0 aliphatic carbocycles. The molecule has 0 spiro atoms. The van der Waals surface area contributed by atoms with Gasteiger partial charge in [-0.05, 0) is 61.9 Å². The Labute approximate surface area is 195 Å². The second kappa shape index (κ2) is 9.84. The van der Waals surface area contributed by atoms with Crippen LogP contribution in [0, 0.1) is 24.1 Å². The molecule has 0 fully saturated rings. The van der Waals surface area contributed by atoms with Gasteiger partial charge in [-0.2, -0.15) is 10.4 Å². The lowest BCUT2D eigenvalue weighted by Gasteiger charge is -2.21. The number of aromatic nitrogens is 2. The molecule has 0 aliphatic heterocycles. The van der Waals surface area contributed by atoms with Gasteiger partial charge in [0.25, 0.3) is 5.91 Å². The van der Waals surface area contributed by atoms with Crippen LogP contribution in [0.4, 0.5) is 10.1 Å². The molecule has 4 aromatic rings. The first-order valence-corrected chi connectivity index (χ1v) is 11.4. The second-order valence-corrected chi connectivity index (χ2v) is 8.52. The minimum Gasteiger partial charge on any atom is -0.494 e. The molecule has 6 nitrogen and oxygen atoms in total. The van der Waals surface area contributed by atoms with Crippen molar-refractivity contribution in [2.45, 2.75) is 26.8 Å². The second-order valence-electron chi connectivity index (χ2n) is 7.49. The standard InChI is InChI=1S/C25H23FN4O2S/c1-3-32-21-11-9-20(10-12-21)29(14-4-13-27)24(31)23-15-22-17(2)28-30(25(22)33-23)16-18-5-7-19(26)8-6-18/h5-12,15H,3-4,14,16H2,1-2H3. The summed E-state index contributed by atoms with van der Waals surface area (Å²) in [7, 11) is 0. The van der Waals surface area contributed by atoms with E-state index in [9.17, 15) is 9.18 Å². The van der Waals surface area contributed by atoms with Gasteiger partial charge in [0.15, 0.2) is 0 Å². The van der Waals surface area contributed by atoms with E-state index >= 15 is 0 Å². The Morgan fingerprint density at radius 1 is 1.21 bits per heavy atom. The quantitative estimate of drug-likeness (QED) is 0.344. The van der Waals surface area contributed by atoms with Crippen molar-refractivity contribution in [1.82, 2.24) is 9.78 Å². The fraction of sp³-hybridized carbons (Fsp3) is 0.240. The fourth-order valence-electron chi connectivity index (χ4n) is 3.62. The molecule has 0 atom stereocenters. The molecule has 0 N–H and O–H groups in total. The molecular weight excluding hydrogens is 439 g/mol. The number of aryl methyl sites for hydroxylation is 1. The molecule has 8 heteroatoms. The van der Waals surface area contributed by atoms with Crippen LogP contribution in [0.2, 0.25) is 0 Å². The Kier molecular flexibility index (Phi) is 6.71. The molecule has 0 aliphatic rings. The van der Waals surface area contributed by atoms with Gasteiger partial charge in [-0.15, -0.1) is 11.3 Å². The van der Waals surface area contributed by atoms with Crippen LogP contribution in [0.15, 0.2) is 54.6 Å². The van der Waals surface area contributed by atoms with E-state index in [2.05, 4.69) is 11.2 Å². The number of carbonyl (C=O) groups excluding carboxylic acids is 1. The van der Waals surface area contributed by atoms with Gasteiger partial charge < -0.3 is 9.64 Å². The van der Waals surface area contributed by atoms with E-state index in [1.807, 2.05) is 48.9 Å². The third-order valence-corrected chi connectivity index (χ3v) is 6.35. The summed E-state index contributed by atoms with van der Waals surface area (Å²) in [6.07, 6.45) is 0.223. The Morgan fingerprint density at radius 2 is 1.94 bits per heavy atom. The number of ether oxygens (including phenoxy) is 1. The maximum absolute atomic E-state index is 13.5. The molecule has 0 saturated carbocycles. The van der Waals surface area contributed by atoms with Crippen LogP contribution in [-0.4, -0.2) is 28.8 Å². The van der Waals surface area contributed by atoms with Crippen LogP contribution < -0.4 is 9.64 Å². The number of fused-ring (bicyclic) bond motifs is 1. The van der Waals surface area contributed by atoms with Crippen molar-refractivity contribution in [3.05, 3.63) is 76.5 Å². The number of carbonyl (C=O) groups is 1. The van der Waals surface area contributed by atoms with Gasteiger partial charge in [-0.1, -0.05) is 12.1 Å². The van der Waals surface area contributed by atoms with Gasteiger partial charge in [0.05, 0.1) is 36.2 Å². The van der Waals surface area contributed by atoms with E-state index in [0.717, 1.165) is 27.2 Å². The van der Waals surface area contributed by atoms with Crippen molar-refractivity contribution < 1.29 is 13.9 Å². The predicted molar refractivity (Wildman–Crippen MR) is 127 cm³/mol. The highest BCUT2D eigenvalue weighted by Gasteiger charge is 2.22. The maximum Gasteiger partial charge on any atom is 0.268 e. The minimum absolute atomic E-state index is 0.164. The van der Waals surface area contributed by atoms with E-state index < -0.39 is 0 Å². The summed E-state index contributed by atoms with van der Waals surface area (Å²) in [6, 6.07) is 17.6. The van der Waals surface area contributed by atoms with Crippen LogP contribution in [0.3, 0.4) is 0 Å². The van der Waals surface area contributed by atoms with Crippen LogP contribution in [0.25, 0.3) is 10.2 Å². The average Bonchev–Trinajstić information content (AvgIpc) is 3.38. The Hall–Kier alpha value is -3.70. The summed E-state index contributed by atoms with van der Waals surface area (Å²) in [5.41, 5.74) is 2.46. The predicted octanol–water partition coefficient (Wildman–Crippen LogP) is 5.55. The largest absolute Gasteiger partial charge is 0.494 e. The smallest absolute Gasteiger partial charge is 0.268 e. The average molecular weight is 463 g/mol. The monoisotopic (exact) mass is 462 g/mol. The molecule has 4 rings (SSSR count). The first-order valence-electron chi connectivity index (χ1n) is 10.6. The third kappa shape index (κ3) is 4.89. The van der Waals surface area contributed by atoms with Gasteiger partial charge in [0.1, 0.15) is 16.4 Å². The first kappa shape index (κ1) is 22.5. The molecule has 1 amide bonds. The number of halogens is 1. The normalized spacial score (nSPS) is 10.8. The number of amides is 1. The molecule has 2 aromatic heterocycles. The SMILES string of the molecule is CCOc1ccc(N(CCC#N)C(=O)c2cc3c(C)nn(Cc4ccc(F)cc4)c3s2)cc1. The van der Waals surface area contributed by atoms with Crippen molar-refractivity contribution >= 4 is 33.1 Å². The van der Waals surface area contributed by atoms with Gasteiger partial charge in [-0.25, -0.2) is 4.39 Å². The number of thiophene rings is 1. The molecule has 0 radical (unpaired) electrons. The number of hydrogen-bond acceptors (Lipinski definition) is 5. The highest BCUT2D eigenvalue weighted by Crippen LogP contribution is 2.31. The Bertz CT molecular complexity index is 1300. The minimum atomic E-state index is -0.281. The van der Waals surface area contributed by atoms with Gasteiger partial charge in [-0.3, -0.25) is 9.48 Å². The highest BCUT2D eigenvalue weighted by atomic mass is 32.1. The zero-order valence-corrected chi connectivity index (χ0v) is 19.2.